The van der Waals surface area contributed by atoms with E-state index in [1.165, 1.54) is 11.1 Å². The normalized spacial score (nSPS) is 10.3. The first-order chi connectivity index (χ1) is 6.88. The van der Waals surface area contributed by atoms with Crippen LogP contribution in [0.4, 0.5) is 0 Å². The molecule has 0 amide bonds. The maximum atomic E-state index is 2.12. The molecule has 0 spiro atoms. The summed E-state index contributed by atoms with van der Waals surface area (Å²) < 4.78 is 0. The largest absolute Gasteiger partial charge is 0.0870 e. The van der Waals surface area contributed by atoms with Crippen molar-refractivity contribution in [3.8, 4) is 0 Å². The van der Waals surface area contributed by atoms with Gasteiger partial charge < -0.3 is 0 Å². The molecule has 0 heteroatoms. The molecule has 1 aromatic rings. The molecule has 14 heavy (non-hydrogen) atoms. The minimum atomic E-state index is 1.28. The standard InChI is InChI=1S/C12H14.C2H6/c1-3-7-11-9-5-6-10-12(11)8-4-2;1-2/h3-10H,1-2H3;1-2H3/b7-3-,8-4+;. The van der Waals surface area contributed by atoms with Gasteiger partial charge in [0, 0.05) is 0 Å². The van der Waals surface area contributed by atoms with Crippen LogP contribution in [0.3, 0.4) is 0 Å². The highest BCUT2D eigenvalue weighted by Crippen LogP contribution is 2.12. The van der Waals surface area contributed by atoms with Crippen molar-refractivity contribution in [1.29, 1.82) is 0 Å². The number of allylic oxidation sites excluding steroid dienone is 2. The van der Waals surface area contributed by atoms with E-state index in [0.29, 0.717) is 0 Å². The van der Waals surface area contributed by atoms with Crippen molar-refractivity contribution in [3.05, 3.63) is 47.5 Å². The molecule has 0 aliphatic heterocycles. The van der Waals surface area contributed by atoms with Crippen LogP contribution in [0.5, 0.6) is 0 Å². The zero-order valence-corrected chi connectivity index (χ0v) is 9.62. The molecule has 0 saturated carbocycles. The van der Waals surface area contributed by atoms with Crippen molar-refractivity contribution in [2.75, 3.05) is 0 Å². The zero-order valence-electron chi connectivity index (χ0n) is 9.62. The predicted molar refractivity (Wildman–Crippen MR) is 67.2 cm³/mol. The Balaban J connectivity index is 0.000000791. The van der Waals surface area contributed by atoms with Gasteiger partial charge in [0.15, 0.2) is 0 Å². The predicted octanol–water partition coefficient (Wildman–Crippen LogP) is 4.78. The highest BCUT2D eigenvalue weighted by atomic mass is 14.0. The van der Waals surface area contributed by atoms with Gasteiger partial charge in [-0.25, -0.2) is 0 Å². The van der Waals surface area contributed by atoms with E-state index in [2.05, 4.69) is 48.6 Å². The van der Waals surface area contributed by atoms with Crippen LogP contribution in [-0.4, -0.2) is 0 Å². The summed E-state index contributed by atoms with van der Waals surface area (Å²) in [5.41, 5.74) is 2.55. The summed E-state index contributed by atoms with van der Waals surface area (Å²) in [6.45, 7) is 8.07. The fourth-order valence-electron chi connectivity index (χ4n) is 1.17. The smallest absolute Gasteiger partial charge is 0.0187 e. The second kappa shape index (κ2) is 8.31. The minimum Gasteiger partial charge on any atom is -0.0870 e. The molecule has 0 unspecified atom stereocenters. The number of hydrogen-bond donors (Lipinski definition) is 0. The van der Waals surface area contributed by atoms with E-state index in [-0.39, 0.29) is 0 Å². The van der Waals surface area contributed by atoms with Gasteiger partial charge in [0.2, 0.25) is 0 Å². The van der Waals surface area contributed by atoms with Gasteiger partial charge in [-0.15, -0.1) is 0 Å². The van der Waals surface area contributed by atoms with Gasteiger partial charge in [-0.1, -0.05) is 62.4 Å². The number of rotatable bonds is 2. The number of hydrogen-bond acceptors (Lipinski definition) is 0. The Morgan fingerprint density at radius 2 is 1.14 bits per heavy atom. The monoisotopic (exact) mass is 188 g/mol. The molecule has 0 aliphatic carbocycles. The lowest BCUT2D eigenvalue weighted by Crippen LogP contribution is -1.77. The van der Waals surface area contributed by atoms with Crippen LogP contribution in [0.15, 0.2) is 36.4 Å². The molecule has 0 saturated heterocycles. The molecule has 0 N–H and O–H groups in total. The third-order valence-corrected chi connectivity index (χ3v) is 1.69. The first-order valence-corrected chi connectivity index (χ1v) is 5.23. The lowest BCUT2D eigenvalue weighted by Gasteiger charge is -1.98. The zero-order chi connectivity index (χ0) is 10.8. The van der Waals surface area contributed by atoms with E-state index in [1.54, 1.807) is 0 Å². The highest BCUT2D eigenvalue weighted by Gasteiger charge is 1.91. The highest BCUT2D eigenvalue weighted by molar-refractivity contribution is 5.64. The van der Waals surface area contributed by atoms with Crippen LogP contribution in [0, 0.1) is 0 Å². The molecular weight excluding hydrogens is 168 g/mol. The van der Waals surface area contributed by atoms with Crippen molar-refractivity contribution < 1.29 is 0 Å². The van der Waals surface area contributed by atoms with E-state index in [4.69, 9.17) is 0 Å². The molecule has 0 aliphatic rings. The quantitative estimate of drug-likeness (QED) is 0.626. The SMILES string of the molecule is C/C=C\c1ccccc1/C=C/C.CC. The minimum absolute atomic E-state index is 1.28. The van der Waals surface area contributed by atoms with Crippen LogP contribution >= 0.6 is 0 Å². The summed E-state index contributed by atoms with van der Waals surface area (Å²) in [5.74, 6) is 0. The lowest BCUT2D eigenvalue weighted by molar-refractivity contribution is 1.50. The van der Waals surface area contributed by atoms with Crippen molar-refractivity contribution in [1.82, 2.24) is 0 Å². The number of benzene rings is 1. The maximum Gasteiger partial charge on any atom is -0.0187 e. The van der Waals surface area contributed by atoms with Gasteiger partial charge in [-0.2, -0.15) is 0 Å². The van der Waals surface area contributed by atoms with Gasteiger partial charge in [0.05, 0.1) is 0 Å². The molecule has 1 aromatic carbocycles. The third kappa shape index (κ3) is 4.08. The van der Waals surface area contributed by atoms with E-state index in [1.807, 2.05) is 27.7 Å². The Morgan fingerprint density at radius 1 is 0.786 bits per heavy atom. The molecule has 0 radical (unpaired) electrons. The molecule has 0 nitrogen and oxygen atoms in total. The molecule has 76 valence electrons. The molecular formula is C14H20. The van der Waals surface area contributed by atoms with Crippen molar-refractivity contribution >= 4 is 12.2 Å². The molecule has 0 atom stereocenters. The van der Waals surface area contributed by atoms with Gasteiger partial charge in [-0.05, 0) is 25.0 Å². The lowest BCUT2D eigenvalue weighted by atomic mass is 10.1. The van der Waals surface area contributed by atoms with E-state index in [0.717, 1.165) is 0 Å². The Morgan fingerprint density at radius 3 is 1.43 bits per heavy atom. The second-order valence-electron chi connectivity index (χ2n) is 2.63. The van der Waals surface area contributed by atoms with E-state index < -0.39 is 0 Å². The van der Waals surface area contributed by atoms with Gasteiger partial charge in [0.1, 0.15) is 0 Å². The molecule has 0 heterocycles. The van der Waals surface area contributed by atoms with Gasteiger partial charge in [-0.3, -0.25) is 0 Å². The van der Waals surface area contributed by atoms with Crippen LogP contribution < -0.4 is 0 Å². The summed E-state index contributed by atoms with van der Waals surface area (Å²) in [5, 5.41) is 0. The summed E-state index contributed by atoms with van der Waals surface area (Å²) >= 11 is 0. The Labute approximate surface area is 88.0 Å². The van der Waals surface area contributed by atoms with Gasteiger partial charge in [0.25, 0.3) is 0 Å². The Hall–Kier alpha value is -1.30. The maximum absolute atomic E-state index is 2.12. The molecule has 0 fully saturated rings. The molecule has 0 bridgehead atoms. The van der Waals surface area contributed by atoms with Crippen LogP contribution in [0.25, 0.3) is 12.2 Å². The second-order valence-corrected chi connectivity index (χ2v) is 2.63. The van der Waals surface area contributed by atoms with Crippen LogP contribution in [-0.2, 0) is 0 Å². The van der Waals surface area contributed by atoms with Gasteiger partial charge >= 0.3 is 0 Å². The molecule has 0 aromatic heterocycles. The van der Waals surface area contributed by atoms with E-state index in [9.17, 15) is 0 Å². The topological polar surface area (TPSA) is 0 Å². The molecule has 1 rings (SSSR count). The van der Waals surface area contributed by atoms with Crippen LogP contribution in [0.1, 0.15) is 38.8 Å². The fourth-order valence-corrected chi connectivity index (χ4v) is 1.17. The van der Waals surface area contributed by atoms with Crippen molar-refractivity contribution in [3.63, 3.8) is 0 Å². The first kappa shape index (κ1) is 12.7. The Bertz CT molecular complexity index is 262. The third-order valence-electron chi connectivity index (χ3n) is 1.69. The van der Waals surface area contributed by atoms with Crippen molar-refractivity contribution in [2.45, 2.75) is 27.7 Å². The fraction of sp³-hybridized carbons (Fsp3) is 0.286. The van der Waals surface area contributed by atoms with Crippen molar-refractivity contribution in [2.24, 2.45) is 0 Å². The average molecular weight is 188 g/mol. The summed E-state index contributed by atoms with van der Waals surface area (Å²) in [6.07, 6.45) is 8.36. The van der Waals surface area contributed by atoms with E-state index >= 15 is 0 Å². The first-order valence-electron chi connectivity index (χ1n) is 5.23. The summed E-state index contributed by atoms with van der Waals surface area (Å²) in [6, 6.07) is 8.36. The summed E-state index contributed by atoms with van der Waals surface area (Å²) in [4.78, 5) is 0. The van der Waals surface area contributed by atoms with Crippen LogP contribution in [0.2, 0.25) is 0 Å². The summed E-state index contributed by atoms with van der Waals surface area (Å²) in [7, 11) is 0. The average Bonchev–Trinajstić information content (AvgIpc) is 2.25. The Kier molecular flexibility index (Phi) is 7.53.